The molecule has 0 bridgehead atoms. The Kier molecular flexibility index (Phi) is 7.45. The number of imidazole rings is 1. The van der Waals surface area contributed by atoms with E-state index in [-0.39, 0.29) is 17.7 Å². The molecule has 2 saturated carbocycles. The normalized spacial score (nSPS) is 16.3. The third kappa shape index (κ3) is 5.92. The molecule has 1 heterocycles. The van der Waals surface area contributed by atoms with Crippen LogP contribution in [0.4, 0.5) is 0 Å². The van der Waals surface area contributed by atoms with E-state index >= 15 is 0 Å². The maximum Gasteiger partial charge on any atom is 0.243 e. The topological polar surface area (TPSA) is 67.2 Å². The van der Waals surface area contributed by atoms with Gasteiger partial charge in [0.25, 0.3) is 0 Å². The van der Waals surface area contributed by atoms with Gasteiger partial charge in [0.15, 0.2) is 0 Å². The van der Waals surface area contributed by atoms with E-state index in [9.17, 15) is 9.59 Å². The number of nitrogens with one attached hydrogen (secondary N) is 1. The van der Waals surface area contributed by atoms with Crippen molar-refractivity contribution in [1.82, 2.24) is 19.8 Å². The molecule has 1 N–H and O–H groups in total. The Labute approximate surface area is 207 Å². The lowest BCUT2D eigenvalue weighted by Crippen LogP contribution is -2.42. The van der Waals surface area contributed by atoms with E-state index in [2.05, 4.69) is 33.0 Å². The van der Waals surface area contributed by atoms with Gasteiger partial charge in [-0.3, -0.25) is 9.59 Å². The number of rotatable bonds is 10. The van der Waals surface area contributed by atoms with Crippen molar-refractivity contribution in [1.29, 1.82) is 0 Å². The average molecular weight is 473 g/mol. The summed E-state index contributed by atoms with van der Waals surface area (Å²) in [6, 6.07) is 18.7. The van der Waals surface area contributed by atoms with Crippen LogP contribution in [0.2, 0.25) is 0 Å². The fraction of sp³-hybridized carbons (Fsp3) is 0.483. The van der Waals surface area contributed by atoms with E-state index in [1.165, 1.54) is 24.8 Å². The van der Waals surface area contributed by atoms with Crippen molar-refractivity contribution >= 4 is 22.8 Å². The molecule has 1 aromatic heterocycles. The van der Waals surface area contributed by atoms with E-state index in [1.54, 1.807) is 0 Å². The number of fused-ring (bicyclic) bond motifs is 1. The van der Waals surface area contributed by atoms with Gasteiger partial charge in [0.2, 0.25) is 11.8 Å². The fourth-order valence-corrected chi connectivity index (χ4v) is 5.26. The summed E-state index contributed by atoms with van der Waals surface area (Å²) in [7, 11) is 0. The monoisotopic (exact) mass is 472 g/mol. The lowest BCUT2D eigenvalue weighted by atomic mass is 9.93. The van der Waals surface area contributed by atoms with Crippen LogP contribution in [0.25, 0.3) is 11.0 Å². The van der Waals surface area contributed by atoms with Gasteiger partial charge >= 0.3 is 0 Å². The zero-order valence-electron chi connectivity index (χ0n) is 20.5. The van der Waals surface area contributed by atoms with Crippen molar-refractivity contribution in [3.8, 4) is 0 Å². The SMILES string of the molecule is O=C(NCCCc1nc2ccccc2n1CC(=O)N(Cc1ccccc1)C1CCCCC1)C1CC1. The highest BCUT2D eigenvalue weighted by molar-refractivity contribution is 5.82. The number of benzene rings is 2. The van der Waals surface area contributed by atoms with E-state index < -0.39 is 0 Å². The van der Waals surface area contributed by atoms with E-state index in [1.807, 2.05) is 36.4 Å². The first-order chi connectivity index (χ1) is 17.2. The molecule has 2 aliphatic rings. The van der Waals surface area contributed by atoms with Crippen LogP contribution in [0, 0.1) is 5.92 Å². The van der Waals surface area contributed by atoms with Gasteiger partial charge in [0.05, 0.1) is 11.0 Å². The fourth-order valence-electron chi connectivity index (χ4n) is 5.26. The minimum absolute atomic E-state index is 0.159. The molecule has 0 aliphatic heterocycles. The van der Waals surface area contributed by atoms with Gasteiger partial charge in [0, 0.05) is 31.5 Å². The number of aromatic nitrogens is 2. The van der Waals surface area contributed by atoms with E-state index in [0.717, 1.165) is 55.4 Å². The first-order valence-electron chi connectivity index (χ1n) is 13.2. The Morgan fingerprint density at radius 3 is 2.46 bits per heavy atom. The summed E-state index contributed by atoms with van der Waals surface area (Å²) in [6.07, 6.45) is 9.38. The largest absolute Gasteiger partial charge is 0.356 e. The van der Waals surface area contributed by atoms with Crippen molar-refractivity contribution < 1.29 is 9.59 Å². The van der Waals surface area contributed by atoms with Crippen LogP contribution in [-0.4, -0.2) is 38.9 Å². The molecular weight excluding hydrogens is 436 g/mol. The minimum atomic E-state index is 0.159. The summed E-state index contributed by atoms with van der Waals surface area (Å²) in [6.45, 7) is 1.60. The van der Waals surface area contributed by atoms with Crippen molar-refractivity contribution in [2.75, 3.05) is 6.54 Å². The standard InChI is InChI=1S/C29H36N4O2/c34-28(32(24-12-5-2-6-13-24)20-22-10-3-1-4-11-22)21-33-26-15-8-7-14-25(26)31-27(33)16-9-19-30-29(35)23-17-18-23/h1,3-4,7-8,10-11,14-15,23-24H,2,5-6,9,12-13,16-21H2,(H,30,35). The Bertz CT molecular complexity index is 1150. The number of nitrogens with zero attached hydrogens (tertiary/aromatic N) is 3. The van der Waals surface area contributed by atoms with Gasteiger partial charge < -0.3 is 14.8 Å². The molecule has 2 aromatic carbocycles. The molecule has 3 aromatic rings. The first-order valence-corrected chi connectivity index (χ1v) is 13.2. The lowest BCUT2D eigenvalue weighted by Gasteiger charge is -2.35. The molecule has 0 unspecified atom stereocenters. The molecule has 2 amide bonds. The van der Waals surface area contributed by atoms with Gasteiger partial charge in [-0.2, -0.15) is 0 Å². The second kappa shape index (κ2) is 11.1. The summed E-state index contributed by atoms with van der Waals surface area (Å²) < 4.78 is 2.10. The van der Waals surface area contributed by atoms with Gasteiger partial charge in [-0.25, -0.2) is 4.98 Å². The number of carbonyl (C=O) groups is 2. The van der Waals surface area contributed by atoms with Gasteiger partial charge in [-0.05, 0) is 49.8 Å². The summed E-state index contributed by atoms with van der Waals surface area (Å²) >= 11 is 0. The maximum atomic E-state index is 13.8. The Morgan fingerprint density at radius 2 is 1.69 bits per heavy atom. The number of hydrogen-bond donors (Lipinski definition) is 1. The molecule has 0 spiro atoms. The molecule has 184 valence electrons. The number of hydrogen-bond acceptors (Lipinski definition) is 3. The van der Waals surface area contributed by atoms with Gasteiger partial charge in [-0.1, -0.05) is 61.7 Å². The third-order valence-corrected chi connectivity index (χ3v) is 7.38. The highest BCUT2D eigenvalue weighted by Gasteiger charge is 2.29. The Hall–Kier alpha value is -3.15. The average Bonchev–Trinajstić information content (AvgIpc) is 3.70. The molecule has 0 saturated heterocycles. The molecule has 6 nitrogen and oxygen atoms in total. The predicted octanol–water partition coefficient (Wildman–Crippen LogP) is 4.86. The van der Waals surface area contributed by atoms with E-state index in [4.69, 9.17) is 4.98 Å². The molecule has 2 aliphatic carbocycles. The molecule has 6 heteroatoms. The van der Waals surface area contributed by atoms with Crippen LogP contribution in [0.1, 0.15) is 62.8 Å². The molecule has 5 rings (SSSR count). The lowest BCUT2D eigenvalue weighted by molar-refractivity contribution is -0.135. The summed E-state index contributed by atoms with van der Waals surface area (Å²) in [5.41, 5.74) is 3.10. The minimum Gasteiger partial charge on any atom is -0.356 e. The summed E-state index contributed by atoms with van der Waals surface area (Å²) in [5.74, 6) is 1.49. The quantitative estimate of drug-likeness (QED) is 0.429. The molecular formula is C29H36N4O2. The maximum absolute atomic E-state index is 13.8. The number of para-hydroxylation sites is 2. The Morgan fingerprint density at radius 1 is 0.943 bits per heavy atom. The molecule has 35 heavy (non-hydrogen) atoms. The zero-order valence-corrected chi connectivity index (χ0v) is 20.5. The Balaban J connectivity index is 1.33. The van der Waals surface area contributed by atoms with Gasteiger partial charge in [-0.15, -0.1) is 0 Å². The predicted molar refractivity (Wildman–Crippen MR) is 138 cm³/mol. The van der Waals surface area contributed by atoms with Crippen LogP contribution in [0.3, 0.4) is 0 Å². The van der Waals surface area contributed by atoms with E-state index in [0.29, 0.717) is 25.7 Å². The summed E-state index contributed by atoms with van der Waals surface area (Å²) in [5, 5.41) is 3.05. The van der Waals surface area contributed by atoms with Gasteiger partial charge in [0.1, 0.15) is 12.4 Å². The second-order valence-electron chi connectivity index (χ2n) is 10.1. The number of amides is 2. The van der Waals surface area contributed by atoms with Crippen molar-refractivity contribution in [2.24, 2.45) is 5.92 Å². The molecule has 0 radical (unpaired) electrons. The van der Waals surface area contributed by atoms with Crippen LogP contribution in [0.15, 0.2) is 54.6 Å². The van der Waals surface area contributed by atoms with Crippen LogP contribution < -0.4 is 5.32 Å². The first kappa shape index (κ1) is 23.6. The van der Waals surface area contributed by atoms with Crippen LogP contribution in [0.5, 0.6) is 0 Å². The summed E-state index contributed by atoms with van der Waals surface area (Å²) in [4.78, 5) is 32.8. The third-order valence-electron chi connectivity index (χ3n) is 7.38. The molecule has 0 atom stereocenters. The number of aryl methyl sites for hydroxylation is 1. The van der Waals surface area contributed by atoms with Crippen LogP contribution in [-0.2, 0) is 29.1 Å². The van der Waals surface area contributed by atoms with Crippen molar-refractivity contribution in [2.45, 2.75) is 76.9 Å². The number of carbonyl (C=O) groups excluding carboxylic acids is 2. The zero-order chi connectivity index (χ0) is 24.0. The highest BCUT2D eigenvalue weighted by Crippen LogP contribution is 2.29. The van der Waals surface area contributed by atoms with Crippen molar-refractivity contribution in [3.63, 3.8) is 0 Å². The van der Waals surface area contributed by atoms with Crippen LogP contribution >= 0.6 is 0 Å². The van der Waals surface area contributed by atoms with Crippen molar-refractivity contribution in [3.05, 3.63) is 66.0 Å². The molecule has 2 fully saturated rings. The highest BCUT2D eigenvalue weighted by atomic mass is 16.2. The smallest absolute Gasteiger partial charge is 0.243 e. The second-order valence-corrected chi connectivity index (χ2v) is 10.1.